The fraction of sp³-hybridized carbons (Fsp3) is 0.179. The molecule has 39 heavy (non-hydrogen) atoms. The van der Waals surface area contributed by atoms with E-state index >= 15 is 0 Å². The molecule has 0 saturated heterocycles. The average molecular weight is 526 g/mol. The van der Waals surface area contributed by atoms with E-state index in [-0.39, 0.29) is 12.1 Å². The Balaban J connectivity index is 1.49. The molecule has 0 fully saturated rings. The number of alkyl halides is 1. The fourth-order valence-corrected chi connectivity index (χ4v) is 3.90. The molecule has 4 heterocycles. The number of carbonyl (C=O) groups excluding carboxylic acids is 1. The van der Waals surface area contributed by atoms with Gasteiger partial charge in [0.1, 0.15) is 24.2 Å². The predicted molar refractivity (Wildman–Crippen MR) is 142 cm³/mol. The number of aliphatic hydroxyl groups is 1. The summed E-state index contributed by atoms with van der Waals surface area (Å²) >= 11 is 0. The number of benzene rings is 1. The second-order valence-electron chi connectivity index (χ2n) is 9.44. The number of nitrogens with one attached hydrogen (secondary N) is 2. The SMILES string of the molecule is CC(C)(O)[C@H](F)CNC(=O)c1cnc(-c2ccc3cc(C#N)cnn23)cc1Nc1ccc(-c2ccon2)cc1. The molecule has 0 aliphatic heterocycles. The molecule has 3 N–H and O–H groups in total. The number of fused-ring (bicyclic) bond motifs is 1. The molecule has 5 aromatic rings. The fourth-order valence-electron chi connectivity index (χ4n) is 3.90. The van der Waals surface area contributed by atoms with Gasteiger partial charge in [-0.1, -0.05) is 17.3 Å². The molecule has 0 saturated carbocycles. The number of rotatable bonds is 8. The lowest BCUT2D eigenvalue weighted by Crippen LogP contribution is -2.42. The molecular weight excluding hydrogens is 501 g/mol. The summed E-state index contributed by atoms with van der Waals surface area (Å²) in [5, 5.41) is 33.1. The third kappa shape index (κ3) is 5.46. The maximum Gasteiger partial charge on any atom is 0.255 e. The Kier molecular flexibility index (Phi) is 6.79. The minimum Gasteiger partial charge on any atom is -0.387 e. The van der Waals surface area contributed by atoms with Gasteiger partial charge in [0.15, 0.2) is 0 Å². The lowest BCUT2D eigenvalue weighted by molar-refractivity contribution is -0.00177. The van der Waals surface area contributed by atoms with Gasteiger partial charge in [0.05, 0.1) is 52.1 Å². The molecule has 1 amide bonds. The zero-order chi connectivity index (χ0) is 27.6. The summed E-state index contributed by atoms with van der Waals surface area (Å²) in [4.78, 5) is 17.5. The molecule has 1 atom stereocenters. The molecule has 0 radical (unpaired) electrons. The molecule has 11 heteroatoms. The van der Waals surface area contributed by atoms with Crippen molar-refractivity contribution in [3.8, 4) is 28.7 Å². The van der Waals surface area contributed by atoms with Gasteiger partial charge < -0.3 is 20.3 Å². The number of aromatic nitrogens is 4. The van der Waals surface area contributed by atoms with Crippen LogP contribution in [0.25, 0.3) is 28.2 Å². The summed E-state index contributed by atoms with van der Waals surface area (Å²) < 4.78 is 20.9. The van der Waals surface area contributed by atoms with E-state index in [1.54, 1.807) is 22.7 Å². The number of carbonyl (C=O) groups is 1. The van der Waals surface area contributed by atoms with Crippen molar-refractivity contribution in [1.82, 2.24) is 25.1 Å². The van der Waals surface area contributed by atoms with Crippen LogP contribution in [-0.4, -0.2) is 49.1 Å². The predicted octanol–water partition coefficient (Wildman–Crippen LogP) is 4.51. The standard InChI is InChI=1S/C28H24FN7O3/c1-28(2,38)26(29)16-32-27(37)21-15-31-24(25-8-7-20-11-17(13-30)14-33-36(20)25)12-23(21)34-19-5-3-18(4-6-19)22-9-10-39-35-22/h3-12,14-15,26,38H,16H2,1-2H3,(H,31,34)(H,32,37)/t26-/m1/s1. The number of nitrogens with zero attached hydrogens (tertiary/aromatic N) is 5. The quantitative estimate of drug-likeness (QED) is 0.269. The number of anilines is 2. The monoisotopic (exact) mass is 525 g/mol. The highest BCUT2D eigenvalue weighted by Gasteiger charge is 2.27. The second-order valence-corrected chi connectivity index (χ2v) is 9.44. The molecule has 0 aliphatic carbocycles. The van der Waals surface area contributed by atoms with Crippen LogP contribution in [0.15, 0.2) is 77.8 Å². The zero-order valence-electron chi connectivity index (χ0n) is 21.1. The van der Waals surface area contributed by atoms with Crippen LogP contribution in [0.3, 0.4) is 0 Å². The largest absolute Gasteiger partial charge is 0.387 e. The van der Waals surface area contributed by atoms with Crippen molar-refractivity contribution in [3.05, 3.63) is 84.4 Å². The number of pyridine rings is 1. The Morgan fingerprint density at radius 1 is 1.15 bits per heavy atom. The van der Waals surface area contributed by atoms with Crippen LogP contribution in [0.1, 0.15) is 29.8 Å². The minimum atomic E-state index is -1.66. The van der Waals surface area contributed by atoms with Gasteiger partial charge >= 0.3 is 0 Å². The van der Waals surface area contributed by atoms with Crippen LogP contribution < -0.4 is 10.6 Å². The Bertz CT molecular complexity index is 1670. The van der Waals surface area contributed by atoms with Gasteiger partial charge in [-0.3, -0.25) is 9.78 Å². The van der Waals surface area contributed by atoms with Gasteiger partial charge in [-0.25, -0.2) is 8.91 Å². The first-order valence-corrected chi connectivity index (χ1v) is 12.0. The van der Waals surface area contributed by atoms with Gasteiger partial charge in [-0.2, -0.15) is 10.4 Å². The van der Waals surface area contributed by atoms with Crippen molar-refractivity contribution in [1.29, 1.82) is 5.26 Å². The smallest absolute Gasteiger partial charge is 0.255 e. The first kappa shape index (κ1) is 25.6. The van der Waals surface area contributed by atoms with Crippen LogP contribution in [0.2, 0.25) is 0 Å². The number of hydrogen-bond donors (Lipinski definition) is 3. The van der Waals surface area contributed by atoms with Crippen molar-refractivity contribution < 1.29 is 18.8 Å². The van der Waals surface area contributed by atoms with E-state index in [2.05, 4.69) is 31.9 Å². The van der Waals surface area contributed by atoms with Crippen molar-refractivity contribution in [2.75, 3.05) is 11.9 Å². The highest BCUT2D eigenvalue weighted by Crippen LogP contribution is 2.29. The molecule has 0 aliphatic rings. The summed E-state index contributed by atoms with van der Waals surface area (Å²) in [6, 6.07) is 18.2. The molecule has 196 valence electrons. The van der Waals surface area contributed by atoms with E-state index in [9.17, 15) is 19.6 Å². The van der Waals surface area contributed by atoms with Gasteiger partial charge in [-0.15, -0.1) is 0 Å². The van der Waals surface area contributed by atoms with E-state index in [1.807, 2.05) is 36.4 Å². The first-order valence-electron chi connectivity index (χ1n) is 12.0. The Labute approximate surface area is 222 Å². The van der Waals surface area contributed by atoms with Crippen molar-refractivity contribution in [2.45, 2.75) is 25.6 Å². The number of hydrogen-bond acceptors (Lipinski definition) is 8. The third-order valence-electron chi connectivity index (χ3n) is 6.15. The number of halogens is 1. The summed E-state index contributed by atoms with van der Waals surface area (Å²) in [7, 11) is 0. The Morgan fingerprint density at radius 2 is 1.95 bits per heavy atom. The molecule has 5 rings (SSSR count). The highest BCUT2D eigenvalue weighted by atomic mass is 19.1. The van der Waals surface area contributed by atoms with E-state index in [0.717, 1.165) is 5.56 Å². The highest BCUT2D eigenvalue weighted by molar-refractivity contribution is 6.00. The van der Waals surface area contributed by atoms with Crippen LogP contribution >= 0.6 is 0 Å². The molecule has 0 spiro atoms. The van der Waals surface area contributed by atoms with E-state index < -0.39 is 17.7 Å². The summed E-state index contributed by atoms with van der Waals surface area (Å²) in [5.41, 5.74) is 3.55. The molecule has 1 aromatic carbocycles. The van der Waals surface area contributed by atoms with Crippen molar-refractivity contribution in [3.63, 3.8) is 0 Å². The maximum absolute atomic E-state index is 14.3. The van der Waals surface area contributed by atoms with Gasteiger partial charge in [0.25, 0.3) is 5.91 Å². The van der Waals surface area contributed by atoms with Crippen LogP contribution in [0, 0.1) is 11.3 Å². The Hall–Kier alpha value is -5.08. The second kappa shape index (κ2) is 10.4. The zero-order valence-corrected chi connectivity index (χ0v) is 21.1. The van der Waals surface area contributed by atoms with Crippen LogP contribution in [0.5, 0.6) is 0 Å². The number of nitriles is 1. The van der Waals surface area contributed by atoms with E-state index in [4.69, 9.17) is 4.52 Å². The van der Waals surface area contributed by atoms with Crippen LogP contribution in [-0.2, 0) is 0 Å². The summed E-state index contributed by atoms with van der Waals surface area (Å²) in [5.74, 6) is -0.556. The summed E-state index contributed by atoms with van der Waals surface area (Å²) in [6.07, 6.45) is 2.69. The average Bonchev–Trinajstić information content (AvgIpc) is 3.61. The van der Waals surface area contributed by atoms with Gasteiger partial charge in [0, 0.05) is 23.5 Å². The molecule has 4 aromatic heterocycles. The lowest BCUT2D eigenvalue weighted by Gasteiger charge is -2.22. The molecule has 10 nitrogen and oxygen atoms in total. The summed E-state index contributed by atoms with van der Waals surface area (Å²) in [6.45, 7) is 2.31. The van der Waals surface area contributed by atoms with Crippen molar-refractivity contribution >= 4 is 22.8 Å². The topological polar surface area (TPSA) is 141 Å². The van der Waals surface area contributed by atoms with Crippen molar-refractivity contribution in [2.24, 2.45) is 0 Å². The lowest BCUT2D eigenvalue weighted by atomic mass is 10.0. The molecular formula is C28H24FN7O3. The molecule has 0 unspecified atom stereocenters. The normalized spacial score (nSPS) is 12.2. The van der Waals surface area contributed by atoms with Crippen LogP contribution in [0.4, 0.5) is 15.8 Å². The molecule has 0 bridgehead atoms. The number of amides is 1. The third-order valence-corrected chi connectivity index (χ3v) is 6.15. The van der Waals surface area contributed by atoms with E-state index in [1.165, 1.54) is 32.5 Å². The van der Waals surface area contributed by atoms with E-state index in [0.29, 0.717) is 39.5 Å². The maximum atomic E-state index is 14.3. The first-order chi connectivity index (χ1) is 18.7. The van der Waals surface area contributed by atoms with Gasteiger partial charge in [-0.05, 0) is 50.2 Å². The Morgan fingerprint density at radius 3 is 2.64 bits per heavy atom. The van der Waals surface area contributed by atoms with Gasteiger partial charge in [0.2, 0.25) is 0 Å². The minimum absolute atomic E-state index is 0.183.